The predicted molar refractivity (Wildman–Crippen MR) is 148 cm³/mol. The molecule has 0 fully saturated rings. The van der Waals surface area contributed by atoms with Crippen LogP contribution in [0.15, 0.2) is 84.1 Å². The Morgan fingerprint density at radius 2 is 1.27 bits per heavy atom. The Morgan fingerprint density at radius 3 is 1.54 bits per heavy atom. The van der Waals surface area contributed by atoms with Crippen LogP contribution in [-0.2, 0) is 16.0 Å². The van der Waals surface area contributed by atoms with E-state index in [0.717, 1.165) is 11.6 Å². The molecule has 0 unspecified atom stereocenters. The van der Waals surface area contributed by atoms with E-state index in [0.29, 0.717) is 23.5 Å². The highest BCUT2D eigenvalue weighted by Gasteiger charge is 1.98. The summed E-state index contributed by atoms with van der Waals surface area (Å²) in [5.41, 5.74) is 24.2. The number of ketones is 1. The molecule has 37 heavy (non-hydrogen) atoms. The third kappa shape index (κ3) is 22.4. The first-order chi connectivity index (χ1) is 17.2. The summed E-state index contributed by atoms with van der Waals surface area (Å²) in [7, 11) is 0. The number of allylic oxidation sites excluding steroid dienone is 2. The number of azide groups is 2. The van der Waals surface area contributed by atoms with Crippen LogP contribution in [-0.4, -0.2) is 35.6 Å². The van der Waals surface area contributed by atoms with Crippen molar-refractivity contribution >= 4 is 39.7 Å². The number of nitrogens with zero attached hydrogens (tertiary/aromatic N) is 7. The van der Waals surface area contributed by atoms with Crippen LogP contribution in [0.1, 0.15) is 26.3 Å². The summed E-state index contributed by atoms with van der Waals surface area (Å²) in [6.45, 7) is 16.6. The minimum absolute atomic E-state index is 0. The van der Waals surface area contributed by atoms with Gasteiger partial charge in [-0.05, 0) is 72.1 Å². The molecule has 10 nitrogen and oxygen atoms in total. The van der Waals surface area contributed by atoms with Gasteiger partial charge in [-0.25, -0.2) is 0 Å². The fourth-order valence-electron chi connectivity index (χ4n) is 2.27. The average molecular weight is 548 g/mol. The molecule has 2 aromatic carbocycles. The lowest BCUT2D eigenvalue weighted by molar-refractivity contribution is -0.114. The molecule has 0 aromatic heterocycles. The normalized spacial score (nSPS) is 8.46. The molecule has 0 heterocycles. The van der Waals surface area contributed by atoms with Crippen molar-refractivity contribution in [2.75, 3.05) is 25.4 Å². The van der Waals surface area contributed by atoms with Gasteiger partial charge in [0, 0.05) is 33.3 Å². The van der Waals surface area contributed by atoms with Gasteiger partial charge in [0.1, 0.15) is 0 Å². The van der Waals surface area contributed by atoms with Crippen molar-refractivity contribution in [3.05, 3.63) is 100 Å². The van der Waals surface area contributed by atoms with E-state index in [2.05, 4.69) is 58.9 Å². The highest BCUT2D eigenvalue weighted by Crippen LogP contribution is 2.14. The van der Waals surface area contributed by atoms with Crippen LogP contribution in [0.2, 0.25) is 0 Å². The Hall–Kier alpha value is -3.78. The first-order valence-corrected chi connectivity index (χ1v) is 11.3. The van der Waals surface area contributed by atoms with E-state index >= 15 is 0 Å². The van der Waals surface area contributed by atoms with Crippen LogP contribution in [0.5, 0.6) is 0 Å². The molecule has 0 saturated carbocycles. The Morgan fingerprint density at radius 1 is 0.892 bits per heavy atom. The molecular formula is C25H33Cl2N8O2-. The maximum Gasteiger partial charge on any atom is 0.244 e. The van der Waals surface area contributed by atoms with E-state index < -0.39 is 5.24 Å². The second kappa shape index (κ2) is 25.3. The number of halogens is 2. The van der Waals surface area contributed by atoms with Gasteiger partial charge in [-0.3, -0.25) is 9.59 Å². The maximum absolute atomic E-state index is 11.0. The lowest BCUT2D eigenvalue weighted by Gasteiger charge is -2.13. The van der Waals surface area contributed by atoms with E-state index in [1.807, 2.05) is 0 Å². The first-order valence-electron chi connectivity index (χ1n) is 10.9. The molecule has 0 spiro atoms. The summed E-state index contributed by atoms with van der Waals surface area (Å²) in [6.07, 6.45) is 2.67. The van der Waals surface area contributed by atoms with Gasteiger partial charge >= 0.3 is 0 Å². The smallest absolute Gasteiger partial charge is 0.244 e. The van der Waals surface area contributed by atoms with Crippen LogP contribution in [0, 0.1) is 0 Å². The average Bonchev–Trinajstić information content (AvgIpc) is 2.89. The van der Waals surface area contributed by atoms with Crippen molar-refractivity contribution < 1.29 is 22.0 Å². The number of carbonyl (C=O) groups is 2. The van der Waals surface area contributed by atoms with Gasteiger partial charge < -0.3 is 23.0 Å². The van der Waals surface area contributed by atoms with Crippen molar-refractivity contribution in [1.82, 2.24) is 4.90 Å². The zero-order chi connectivity index (χ0) is 27.8. The molecule has 2 rings (SSSR count). The Kier molecular flexibility index (Phi) is 25.8. The predicted octanol–water partition coefficient (Wildman–Crippen LogP) is 4.43. The molecule has 12 heteroatoms. The lowest BCUT2D eigenvalue weighted by Crippen LogP contribution is -3.00. The summed E-state index contributed by atoms with van der Waals surface area (Å²) in [5.74, 6) is -0.0264. The molecule has 0 atom stereocenters. The van der Waals surface area contributed by atoms with Gasteiger partial charge in [-0.15, -0.1) is 0 Å². The number of anilines is 1. The van der Waals surface area contributed by atoms with Gasteiger partial charge in [-0.1, -0.05) is 80.6 Å². The molecule has 2 aromatic rings. The van der Waals surface area contributed by atoms with Crippen LogP contribution >= 0.6 is 11.6 Å². The molecule has 200 valence electrons. The van der Waals surface area contributed by atoms with E-state index in [1.54, 1.807) is 48.5 Å². The topological polar surface area (TPSA) is 161 Å². The molecule has 0 aliphatic carbocycles. The third-order valence-electron chi connectivity index (χ3n) is 4.26. The summed E-state index contributed by atoms with van der Waals surface area (Å²) < 4.78 is 0. The minimum Gasteiger partial charge on any atom is -1.00 e. The van der Waals surface area contributed by atoms with Gasteiger partial charge in [0.2, 0.25) is 5.24 Å². The highest BCUT2D eigenvalue weighted by molar-refractivity contribution is 6.66. The van der Waals surface area contributed by atoms with Crippen LogP contribution < -0.4 is 18.1 Å². The number of rotatable bonds is 9. The number of hydrogen-bond donors (Lipinski definition) is 1. The monoisotopic (exact) mass is 547 g/mol. The summed E-state index contributed by atoms with van der Waals surface area (Å²) >= 11 is 4.71. The Labute approximate surface area is 229 Å². The van der Waals surface area contributed by atoms with Crippen LogP contribution in [0.25, 0.3) is 20.9 Å². The number of nitrogen functional groups attached to an aromatic ring is 1. The van der Waals surface area contributed by atoms with Crippen LogP contribution in [0.4, 0.5) is 17.1 Å². The molecule has 2 N–H and O–H groups in total. The lowest BCUT2D eigenvalue weighted by atomic mass is 10.1. The highest BCUT2D eigenvalue weighted by atomic mass is 35.5. The van der Waals surface area contributed by atoms with E-state index in [1.165, 1.54) is 25.7 Å². The van der Waals surface area contributed by atoms with Crippen molar-refractivity contribution in [1.29, 1.82) is 0 Å². The first kappa shape index (κ1) is 37.8. The Bertz CT molecular complexity index is 1020. The molecular weight excluding hydrogens is 515 g/mol. The standard InChI is InChI=1S/C10H9N3O.C6H6N4.C6H15N.C3H3ClO.ClH/c1-2-10(14)7-8-3-5-9(6-4-8)12-13-11;7-5-1-3-6(4-2-5)9-10-8;1-4-7(5-2)6-3;1-2-3(4)5;/h2-6H,1,7H2;1-4H,7H2;4-6H2,1-3H3;2H,1H2;1H/p-1. The van der Waals surface area contributed by atoms with Gasteiger partial charge in [0.25, 0.3) is 0 Å². The number of nitrogens with two attached hydrogens (primary N) is 1. The SMILES string of the molecule is C=CC(=O)Cc1ccc(N=[N+]=[N-])cc1.C=CC(=O)Cl.CCN(CC)CC.[Cl-].[N-]=[N+]=Nc1ccc(N)cc1. The Balaban J connectivity index is -0.000000443. The molecule has 0 bridgehead atoms. The molecule has 0 amide bonds. The number of carbonyl (C=O) groups excluding carboxylic acids is 2. The molecule has 0 aliphatic heterocycles. The van der Waals surface area contributed by atoms with Crippen molar-refractivity contribution in [2.45, 2.75) is 27.2 Å². The fraction of sp³-hybridized carbons (Fsp3) is 0.280. The van der Waals surface area contributed by atoms with Crippen molar-refractivity contribution in [3.63, 3.8) is 0 Å². The quantitative estimate of drug-likeness (QED) is 0.123. The third-order valence-corrected chi connectivity index (χ3v) is 4.41. The van der Waals surface area contributed by atoms with E-state index in [4.69, 9.17) is 28.4 Å². The number of hydrogen-bond acceptors (Lipinski definition) is 6. The van der Waals surface area contributed by atoms with Crippen LogP contribution in [0.3, 0.4) is 0 Å². The zero-order valence-electron chi connectivity index (χ0n) is 21.3. The van der Waals surface area contributed by atoms with Gasteiger partial charge in [0.05, 0.1) is 0 Å². The van der Waals surface area contributed by atoms with Gasteiger partial charge in [-0.2, -0.15) is 0 Å². The molecule has 0 aliphatic rings. The summed E-state index contributed by atoms with van der Waals surface area (Å²) in [5, 5.41) is 6.29. The van der Waals surface area contributed by atoms with Crippen molar-refractivity contribution in [2.24, 2.45) is 10.2 Å². The number of benzene rings is 2. The fourth-order valence-corrected chi connectivity index (χ4v) is 2.27. The minimum atomic E-state index is -0.509. The zero-order valence-corrected chi connectivity index (χ0v) is 22.8. The maximum atomic E-state index is 11.0. The van der Waals surface area contributed by atoms with Crippen molar-refractivity contribution in [3.8, 4) is 0 Å². The summed E-state index contributed by atoms with van der Waals surface area (Å²) in [4.78, 5) is 28.1. The second-order valence-corrected chi connectivity index (χ2v) is 6.98. The summed E-state index contributed by atoms with van der Waals surface area (Å²) in [6, 6.07) is 13.5. The molecule has 0 saturated heterocycles. The van der Waals surface area contributed by atoms with E-state index in [-0.39, 0.29) is 18.2 Å². The second-order valence-electron chi connectivity index (χ2n) is 6.61. The largest absolute Gasteiger partial charge is 1.00 e. The van der Waals surface area contributed by atoms with Gasteiger partial charge in [0.15, 0.2) is 5.78 Å². The van der Waals surface area contributed by atoms with E-state index in [9.17, 15) is 9.59 Å². The molecule has 0 radical (unpaired) electrons.